The summed E-state index contributed by atoms with van der Waals surface area (Å²) in [7, 11) is 2.22. The Morgan fingerprint density at radius 1 is 0.923 bits per heavy atom. The third kappa shape index (κ3) is 2.96. The summed E-state index contributed by atoms with van der Waals surface area (Å²) in [4.78, 5) is 5.10. The van der Waals surface area contributed by atoms with E-state index in [9.17, 15) is 0 Å². The molecule has 0 unspecified atom stereocenters. The fourth-order valence-electron chi connectivity index (χ4n) is 1.94. The van der Waals surface area contributed by atoms with Crippen LogP contribution in [0.2, 0.25) is 0 Å². The second kappa shape index (κ2) is 5.61. The molecule has 0 amide bonds. The van der Waals surface area contributed by atoms with Gasteiger partial charge in [-0.3, -0.25) is 4.90 Å². The van der Waals surface area contributed by atoms with Crippen LogP contribution in [0.25, 0.3) is 0 Å². The van der Waals surface area contributed by atoms with Gasteiger partial charge in [0.25, 0.3) is 0 Å². The van der Waals surface area contributed by atoms with E-state index in [-0.39, 0.29) is 0 Å². The van der Waals surface area contributed by atoms with Crippen molar-refractivity contribution in [1.82, 2.24) is 9.80 Å². The van der Waals surface area contributed by atoms with Crippen molar-refractivity contribution in [2.75, 3.05) is 33.2 Å². The summed E-state index contributed by atoms with van der Waals surface area (Å²) in [5, 5.41) is 0. The van der Waals surface area contributed by atoms with Gasteiger partial charge in [0.15, 0.2) is 0 Å². The first-order valence-corrected chi connectivity index (χ1v) is 5.79. The third-order valence-electron chi connectivity index (χ3n) is 3.13. The van der Waals surface area contributed by atoms with Crippen LogP contribution in [0.5, 0.6) is 0 Å². The van der Waals surface area contributed by atoms with Crippen molar-refractivity contribution < 1.29 is 0 Å². The number of likely N-dealkylation sites (N-methyl/N-ethyl adjacent to an activating group) is 1. The van der Waals surface area contributed by atoms with E-state index in [0.29, 0.717) is 0 Å². The Morgan fingerprint density at radius 2 is 1.46 bits per heavy atom. The van der Waals surface area contributed by atoms with Crippen molar-refractivity contribution in [1.29, 1.82) is 0 Å². The van der Waals surface area contributed by atoms with Crippen LogP contribution in [-0.4, -0.2) is 49.1 Å². The van der Waals surface area contributed by atoms with Crippen molar-refractivity contribution in [2.45, 2.75) is 39.2 Å². The Kier molecular flexibility index (Phi) is 4.74. The van der Waals surface area contributed by atoms with Gasteiger partial charge in [-0.25, -0.2) is 0 Å². The molecule has 0 aromatic carbocycles. The van der Waals surface area contributed by atoms with Crippen LogP contribution in [0.3, 0.4) is 0 Å². The normalized spacial score (nSPS) is 26.1. The molecule has 2 heteroatoms. The molecule has 0 aromatic heterocycles. The lowest BCUT2D eigenvalue weighted by Crippen LogP contribution is -2.51. The van der Waals surface area contributed by atoms with Crippen molar-refractivity contribution in [3.05, 3.63) is 0 Å². The molecule has 1 saturated heterocycles. The summed E-state index contributed by atoms with van der Waals surface area (Å²) >= 11 is 0. The maximum Gasteiger partial charge on any atom is 0.0113 e. The molecule has 78 valence electrons. The lowest BCUT2D eigenvalue weighted by Gasteiger charge is -2.42. The molecule has 1 heterocycles. The number of hydrogen-bond acceptors (Lipinski definition) is 2. The lowest BCUT2D eigenvalue weighted by atomic mass is 9.91. The second-order valence-electron chi connectivity index (χ2n) is 3.92. The molecule has 0 atom stereocenters. The van der Waals surface area contributed by atoms with Crippen LogP contribution in [-0.2, 0) is 0 Å². The summed E-state index contributed by atoms with van der Waals surface area (Å²) in [6.07, 6.45) is 4.39. The summed E-state index contributed by atoms with van der Waals surface area (Å²) in [6, 6.07) is 0.962. The molecule has 0 N–H and O–H groups in total. The van der Waals surface area contributed by atoms with Crippen molar-refractivity contribution >= 4 is 0 Å². The Labute approximate surface area is 82.9 Å². The molecule has 0 spiro atoms. The van der Waals surface area contributed by atoms with Crippen LogP contribution in [0.1, 0.15) is 33.1 Å². The van der Waals surface area contributed by atoms with Crippen LogP contribution < -0.4 is 0 Å². The molecule has 0 bridgehead atoms. The molecule has 1 saturated carbocycles. The van der Waals surface area contributed by atoms with Crippen LogP contribution in [0.15, 0.2) is 0 Å². The van der Waals surface area contributed by atoms with E-state index in [1.165, 1.54) is 45.4 Å². The van der Waals surface area contributed by atoms with Gasteiger partial charge >= 0.3 is 0 Å². The van der Waals surface area contributed by atoms with Crippen LogP contribution in [0, 0.1) is 0 Å². The van der Waals surface area contributed by atoms with E-state index < -0.39 is 0 Å². The van der Waals surface area contributed by atoms with Gasteiger partial charge in [-0.2, -0.15) is 0 Å². The molecular formula is C11H24N2. The Bertz CT molecular complexity index is 124. The maximum atomic E-state index is 2.67. The van der Waals surface area contributed by atoms with Gasteiger partial charge in [-0.1, -0.05) is 20.3 Å². The summed E-state index contributed by atoms with van der Waals surface area (Å²) in [5.74, 6) is 0. The van der Waals surface area contributed by atoms with Gasteiger partial charge in [0.1, 0.15) is 0 Å². The molecule has 2 aliphatic rings. The highest BCUT2D eigenvalue weighted by molar-refractivity contribution is 4.82. The third-order valence-corrected chi connectivity index (χ3v) is 3.13. The van der Waals surface area contributed by atoms with Crippen molar-refractivity contribution in [3.8, 4) is 0 Å². The highest BCUT2D eigenvalue weighted by atomic mass is 15.3. The molecule has 0 radical (unpaired) electrons. The minimum absolute atomic E-state index is 0.962. The van der Waals surface area contributed by atoms with Crippen LogP contribution >= 0.6 is 0 Å². The lowest BCUT2D eigenvalue weighted by molar-refractivity contribution is 0.0721. The monoisotopic (exact) mass is 184 g/mol. The quantitative estimate of drug-likeness (QED) is 0.613. The molecule has 1 aliphatic heterocycles. The molecule has 2 nitrogen and oxygen atoms in total. The van der Waals surface area contributed by atoms with Crippen molar-refractivity contribution in [3.63, 3.8) is 0 Å². The first-order chi connectivity index (χ1) is 6.36. The van der Waals surface area contributed by atoms with E-state index in [2.05, 4.69) is 16.8 Å². The van der Waals surface area contributed by atoms with Gasteiger partial charge in [-0.05, 0) is 19.9 Å². The minimum atomic E-state index is 0.962. The molecule has 2 fully saturated rings. The van der Waals surface area contributed by atoms with E-state index in [0.717, 1.165) is 6.04 Å². The fraction of sp³-hybridized carbons (Fsp3) is 1.00. The zero-order valence-electron chi connectivity index (χ0n) is 9.42. The zero-order chi connectivity index (χ0) is 9.68. The molecule has 1 aliphatic carbocycles. The van der Waals surface area contributed by atoms with E-state index in [4.69, 9.17) is 0 Å². The average Bonchev–Trinajstić information content (AvgIpc) is 2.09. The van der Waals surface area contributed by atoms with Gasteiger partial charge in [0.2, 0.25) is 0 Å². The summed E-state index contributed by atoms with van der Waals surface area (Å²) < 4.78 is 0. The SMILES string of the molecule is CC.CN1CCN(C2CCC2)CC1. The first-order valence-electron chi connectivity index (χ1n) is 5.79. The first kappa shape index (κ1) is 11.0. The predicted octanol–water partition coefficient (Wildman–Crippen LogP) is 1.81. The standard InChI is InChI=1S/C9H18N2.C2H6/c1-10-5-7-11(8-6-10)9-3-2-4-9;1-2/h9H,2-8H2,1H3;1-2H3. The summed E-state index contributed by atoms with van der Waals surface area (Å²) in [6.45, 7) is 9.16. The number of rotatable bonds is 1. The highest BCUT2D eigenvalue weighted by Crippen LogP contribution is 2.25. The summed E-state index contributed by atoms with van der Waals surface area (Å²) in [5.41, 5.74) is 0. The van der Waals surface area contributed by atoms with Gasteiger partial charge in [-0.15, -0.1) is 0 Å². The van der Waals surface area contributed by atoms with Crippen LogP contribution in [0.4, 0.5) is 0 Å². The smallest absolute Gasteiger partial charge is 0.0113 e. The topological polar surface area (TPSA) is 6.48 Å². The molecular weight excluding hydrogens is 160 g/mol. The number of nitrogens with zero attached hydrogens (tertiary/aromatic N) is 2. The van der Waals surface area contributed by atoms with Gasteiger partial charge in [0, 0.05) is 32.2 Å². The van der Waals surface area contributed by atoms with Gasteiger partial charge in [0.05, 0.1) is 0 Å². The van der Waals surface area contributed by atoms with Crippen molar-refractivity contribution in [2.24, 2.45) is 0 Å². The average molecular weight is 184 g/mol. The number of hydrogen-bond donors (Lipinski definition) is 0. The zero-order valence-corrected chi connectivity index (χ0v) is 9.42. The Morgan fingerprint density at radius 3 is 1.85 bits per heavy atom. The largest absolute Gasteiger partial charge is 0.304 e. The minimum Gasteiger partial charge on any atom is -0.304 e. The number of piperazine rings is 1. The molecule has 0 aromatic rings. The Balaban J connectivity index is 0.000000396. The molecule has 2 rings (SSSR count). The Hall–Kier alpha value is -0.0800. The van der Waals surface area contributed by atoms with Gasteiger partial charge < -0.3 is 4.90 Å². The van der Waals surface area contributed by atoms with E-state index in [1.54, 1.807) is 0 Å². The predicted molar refractivity (Wildman–Crippen MR) is 58.1 cm³/mol. The maximum absolute atomic E-state index is 2.67. The van der Waals surface area contributed by atoms with E-state index >= 15 is 0 Å². The highest BCUT2D eigenvalue weighted by Gasteiger charge is 2.26. The van der Waals surface area contributed by atoms with E-state index in [1.807, 2.05) is 13.8 Å². The second-order valence-corrected chi connectivity index (χ2v) is 3.92. The molecule has 13 heavy (non-hydrogen) atoms. The fourth-order valence-corrected chi connectivity index (χ4v) is 1.94.